The normalized spacial score (nSPS) is 16.7. The Labute approximate surface area is 204 Å². The summed E-state index contributed by atoms with van der Waals surface area (Å²) in [6, 6.07) is 16.0. The van der Waals surface area contributed by atoms with Crippen molar-refractivity contribution in [3.05, 3.63) is 48.5 Å². The van der Waals surface area contributed by atoms with E-state index in [0.29, 0.717) is 5.75 Å². The fraction of sp³-hybridized carbons (Fsp3) is 0.400. The SMILES string of the molecule is O=S(=O)([O-])CCCOc1ccc([Te]c2ccc(OC3CCCCO3)cc2)cc1.[Na+]. The summed E-state index contributed by atoms with van der Waals surface area (Å²) < 4.78 is 51.2. The van der Waals surface area contributed by atoms with Gasteiger partial charge in [-0.1, -0.05) is 0 Å². The third-order valence-corrected chi connectivity index (χ3v) is 7.78. The van der Waals surface area contributed by atoms with Crippen molar-refractivity contribution in [3.8, 4) is 11.5 Å². The van der Waals surface area contributed by atoms with Crippen LogP contribution >= 0.6 is 0 Å². The molecule has 1 aliphatic rings. The van der Waals surface area contributed by atoms with E-state index in [4.69, 9.17) is 14.2 Å². The molecule has 152 valence electrons. The zero-order chi connectivity index (χ0) is 19.8. The molecule has 2 aromatic carbocycles. The second kappa shape index (κ2) is 12.5. The molecule has 1 fully saturated rings. The van der Waals surface area contributed by atoms with Gasteiger partial charge in [0.2, 0.25) is 0 Å². The Morgan fingerprint density at radius 1 is 1.00 bits per heavy atom. The van der Waals surface area contributed by atoms with Gasteiger partial charge in [-0.15, -0.1) is 0 Å². The molecule has 0 saturated carbocycles. The average Bonchev–Trinajstić information content (AvgIpc) is 2.68. The van der Waals surface area contributed by atoms with Crippen molar-refractivity contribution < 1.29 is 56.7 Å². The molecule has 0 radical (unpaired) electrons. The van der Waals surface area contributed by atoms with E-state index in [-0.39, 0.29) is 48.9 Å². The summed E-state index contributed by atoms with van der Waals surface area (Å²) >= 11 is -0.513. The second-order valence-corrected chi connectivity index (χ2v) is 11.2. The minimum absolute atomic E-state index is 0. The molecule has 29 heavy (non-hydrogen) atoms. The van der Waals surface area contributed by atoms with Gasteiger partial charge in [0.25, 0.3) is 0 Å². The van der Waals surface area contributed by atoms with E-state index < -0.39 is 36.8 Å². The van der Waals surface area contributed by atoms with Crippen LogP contribution in [0.2, 0.25) is 0 Å². The minimum Gasteiger partial charge on any atom is 1.00 e. The van der Waals surface area contributed by atoms with Gasteiger partial charge < -0.3 is 0 Å². The van der Waals surface area contributed by atoms with Gasteiger partial charge >= 0.3 is 206 Å². The second-order valence-electron chi connectivity index (χ2n) is 6.42. The minimum atomic E-state index is -4.17. The molecule has 0 bridgehead atoms. The van der Waals surface area contributed by atoms with Gasteiger partial charge in [-0.05, 0) is 0 Å². The number of hydrogen-bond acceptors (Lipinski definition) is 6. The summed E-state index contributed by atoms with van der Waals surface area (Å²) in [5.41, 5.74) is 0. The smallest absolute Gasteiger partial charge is 1.00 e. The fourth-order valence-electron chi connectivity index (χ4n) is 2.71. The number of hydrogen-bond donors (Lipinski definition) is 0. The zero-order valence-electron chi connectivity index (χ0n) is 16.4. The van der Waals surface area contributed by atoms with Gasteiger partial charge in [0.05, 0.1) is 0 Å². The number of ether oxygens (including phenoxy) is 3. The predicted octanol–water partition coefficient (Wildman–Crippen LogP) is -1.43. The van der Waals surface area contributed by atoms with Crippen LogP contribution in [0.25, 0.3) is 0 Å². The van der Waals surface area contributed by atoms with Gasteiger partial charge in [-0.25, -0.2) is 0 Å². The van der Waals surface area contributed by atoms with Gasteiger partial charge in [0.1, 0.15) is 0 Å². The summed E-state index contributed by atoms with van der Waals surface area (Å²) in [7, 11) is -4.17. The van der Waals surface area contributed by atoms with Crippen molar-refractivity contribution in [1.82, 2.24) is 0 Å². The number of benzene rings is 2. The molecular weight excluding hydrogens is 519 g/mol. The third kappa shape index (κ3) is 9.58. The summed E-state index contributed by atoms with van der Waals surface area (Å²) in [6.45, 7) is 0.982. The molecule has 6 nitrogen and oxygen atoms in total. The van der Waals surface area contributed by atoms with Crippen LogP contribution in [0.5, 0.6) is 11.5 Å². The maximum absolute atomic E-state index is 10.6. The van der Waals surface area contributed by atoms with Crippen molar-refractivity contribution >= 4 is 38.3 Å². The molecule has 0 amide bonds. The summed E-state index contributed by atoms with van der Waals surface area (Å²) in [4.78, 5) is 0. The maximum Gasteiger partial charge on any atom is 1.00 e. The predicted molar refractivity (Wildman–Crippen MR) is 107 cm³/mol. The standard InChI is InChI=1S/C20H24O6STe.Na/c21-27(22,23)15-3-14-24-16-5-9-18(10-6-16)28-19-11-7-17(8-12-19)26-20-4-1-2-13-25-20;/h5-12,20H,1-4,13-15H2,(H,21,22,23);/q;+1/p-1. The fourth-order valence-corrected chi connectivity index (χ4v) is 5.51. The molecule has 0 aliphatic carbocycles. The van der Waals surface area contributed by atoms with Crippen LogP contribution in [-0.2, 0) is 14.9 Å². The first-order valence-electron chi connectivity index (χ1n) is 9.20. The Kier molecular flexibility index (Phi) is 10.8. The first kappa shape index (κ1) is 25.0. The van der Waals surface area contributed by atoms with Crippen LogP contribution in [0.1, 0.15) is 25.7 Å². The quantitative estimate of drug-likeness (QED) is 0.220. The molecule has 1 heterocycles. The van der Waals surface area contributed by atoms with Crippen LogP contribution in [0.4, 0.5) is 0 Å². The summed E-state index contributed by atoms with van der Waals surface area (Å²) in [5.74, 6) is 1.12. The first-order chi connectivity index (χ1) is 13.5. The summed E-state index contributed by atoms with van der Waals surface area (Å²) in [5, 5.41) is 0. The van der Waals surface area contributed by atoms with Crippen LogP contribution < -0.4 is 46.3 Å². The topological polar surface area (TPSA) is 84.9 Å². The van der Waals surface area contributed by atoms with Gasteiger partial charge in [0, 0.05) is 0 Å². The van der Waals surface area contributed by atoms with Crippen LogP contribution in [0, 0.1) is 0 Å². The van der Waals surface area contributed by atoms with Crippen LogP contribution in [-0.4, -0.2) is 59.2 Å². The molecule has 0 aromatic heterocycles. The maximum atomic E-state index is 10.6. The summed E-state index contributed by atoms with van der Waals surface area (Å²) in [6.07, 6.45) is 3.26. The Morgan fingerprint density at radius 3 is 2.17 bits per heavy atom. The molecule has 1 saturated heterocycles. The van der Waals surface area contributed by atoms with E-state index in [1.54, 1.807) is 0 Å². The molecule has 0 spiro atoms. The van der Waals surface area contributed by atoms with E-state index in [1.807, 2.05) is 36.4 Å². The van der Waals surface area contributed by atoms with E-state index in [1.165, 1.54) is 7.22 Å². The van der Waals surface area contributed by atoms with E-state index in [9.17, 15) is 13.0 Å². The van der Waals surface area contributed by atoms with Crippen molar-refractivity contribution in [2.24, 2.45) is 0 Å². The average molecular weight is 542 g/mol. The Balaban J connectivity index is 0.00000300. The molecular formula is C20H23NaO6STe. The van der Waals surface area contributed by atoms with Crippen LogP contribution in [0.3, 0.4) is 0 Å². The molecule has 9 heteroatoms. The Bertz CT molecular complexity index is 836. The van der Waals surface area contributed by atoms with Gasteiger partial charge in [-0.3, -0.25) is 0 Å². The molecule has 1 atom stereocenters. The molecule has 1 unspecified atom stereocenters. The monoisotopic (exact) mass is 544 g/mol. The van der Waals surface area contributed by atoms with Gasteiger partial charge in [0.15, 0.2) is 0 Å². The molecule has 2 aromatic rings. The van der Waals surface area contributed by atoms with Crippen molar-refractivity contribution in [2.45, 2.75) is 32.0 Å². The third-order valence-electron chi connectivity index (χ3n) is 4.10. The van der Waals surface area contributed by atoms with E-state index in [0.717, 1.165) is 31.6 Å². The molecule has 0 N–H and O–H groups in total. The van der Waals surface area contributed by atoms with E-state index in [2.05, 4.69) is 12.1 Å². The van der Waals surface area contributed by atoms with E-state index >= 15 is 0 Å². The Hall–Kier alpha value is -0.300. The van der Waals surface area contributed by atoms with Crippen LogP contribution in [0.15, 0.2) is 48.5 Å². The molecule has 1 aliphatic heterocycles. The zero-order valence-corrected chi connectivity index (χ0v) is 21.6. The largest absolute Gasteiger partial charge is 1.00 e. The Morgan fingerprint density at radius 2 is 1.62 bits per heavy atom. The molecule has 3 rings (SSSR count). The van der Waals surface area contributed by atoms with Crippen molar-refractivity contribution in [3.63, 3.8) is 0 Å². The van der Waals surface area contributed by atoms with Crippen molar-refractivity contribution in [1.29, 1.82) is 0 Å². The number of rotatable bonds is 9. The van der Waals surface area contributed by atoms with Gasteiger partial charge in [-0.2, -0.15) is 0 Å². The van der Waals surface area contributed by atoms with Crippen molar-refractivity contribution in [2.75, 3.05) is 19.0 Å². The first-order valence-corrected chi connectivity index (χ1v) is 13.1.